The van der Waals surface area contributed by atoms with Crippen molar-refractivity contribution < 1.29 is 22.7 Å². The average Bonchev–Trinajstić information content (AvgIpc) is 3.41. The fourth-order valence-electron chi connectivity index (χ4n) is 4.97. The second kappa shape index (κ2) is 11.8. The van der Waals surface area contributed by atoms with Crippen LogP contribution in [0.5, 0.6) is 0 Å². The van der Waals surface area contributed by atoms with Crippen molar-refractivity contribution in [3.63, 3.8) is 0 Å². The van der Waals surface area contributed by atoms with Gasteiger partial charge < -0.3 is 9.64 Å². The number of ketones is 1. The highest BCUT2D eigenvalue weighted by molar-refractivity contribution is 7.93. The molecule has 37 heavy (non-hydrogen) atoms. The van der Waals surface area contributed by atoms with E-state index in [1.807, 2.05) is 11.0 Å². The van der Waals surface area contributed by atoms with E-state index < -0.39 is 20.5 Å². The normalized spacial score (nSPS) is 18.4. The zero-order valence-corrected chi connectivity index (χ0v) is 22.5. The van der Waals surface area contributed by atoms with Crippen molar-refractivity contribution in [2.24, 2.45) is 11.2 Å². The number of sulfone groups is 1. The van der Waals surface area contributed by atoms with Gasteiger partial charge in [-0.3, -0.25) is 9.59 Å². The van der Waals surface area contributed by atoms with Crippen LogP contribution in [0, 0.1) is 10.8 Å². The van der Waals surface area contributed by atoms with Crippen LogP contribution in [-0.2, 0) is 25.8 Å². The van der Waals surface area contributed by atoms with Crippen LogP contribution in [0.4, 0.5) is 5.82 Å². The number of rotatable bonds is 10. The standard InChI is InChI=1S/C25H32N4O6S2/c1-2-3-4-19-5-7-21(36-19)23(30)18-9-13-29(14-10-18)22-8-6-20(17-26-22)37(33,34)25(24(31)27-28-32)11-15-35-16-12-25/h5-8,17-18H,2-4,9-16H2,1H3,(H,27,31,32). The van der Waals surface area contributed by atoms with Crippen LogP contribution >= 0.6 is 11.3 Å². The quantitative estimate of drug-likeness (QED) is 0.270. The Balaban J connectivity index is 1.42. The van der Waals surface area contributed by atoms with Crippen LogP contribution < -0.4 is 10.3 Å². The summed E-state index contributed by atoms with van der Waals surface area (Å²) in [6.07, 6.45) is 5.76. The summed E-state index contributed by atoms with van der Waals surface area (Å²) >= 11 is 1.60. The molecule has 2 fully saturated rings. The number of amides is 1. The van der Waals surface area contributed by atoms with E-state index in [1.54, 1.807) is 22.8 Å². The maximum Gasteiger partial charge on any atom is 0.264 e. The molecule has 4 rings (SSSR count). The van der Waals surface area contributed by atoms with Gasteiger partial charge in [0.15, 0.2) is 20.4 Å². The number of unbranched alkanes of at least 4 members (excludes halogenated alkanes) is 1. The topological polar surface area (TPSA) is 135 Å². The van der Waals surface area contributed by atoms with E-state index in [0.717, 1.165) is 24.1 Å². The molecular formula is C25H32N4O6S2. The smallest absolute Gasteiger partial charge is 0.264 e. The average molecular weight is 549 g/mol. The van der Waals surface area contributed by atoms with Gasteiger partial charge in [-0.15, -0.1) is 16.2 Å². The molecule has 2 aromatic heterocycles. The van der Waals surface area contributed by atoms with E-state index in [1.165, 1.54) is 17.1 Å². The Morgan fingerprint density at radius 3 is 2.54 bits per heavy atom. The number of carbonyl (C=O) groups is 2. The fourth-order valence-corrected chi connectivity index (χ4v) is 7.93. The minimum absolute atomic E-state index is 0.0353. The molecule has 0 saturated carbocycles. The summed E-state index contributed by atoms with van der Waals surface area (Å²) in [5.74, 6) is -0.175. The zero-order valence-electron chi connectivity index (χ0n) is 20.8. The molecule has 0 atom stereocenters. The molecule has 0 aromatic carbocycles. The summed E-state index contributed by atoms with van der Waals surface area (Å²) in [4.78, 5) is 44.6. The largest absolute Gasteiger partial charge is 0.381 e. The second-order valence-electron chi connectivity index (χ2n) is 9.49. The number of aryl methyl sites for hydroxylation is 1. The first-order valence-corrected chi connectivity index (χ1v) is 14.9. The molecule has 12 heteroatoms. The molecule has 4 heterocycles. The number of aromatic nitrogens is 1. The monoisotopic (exact) mass is 548 g/mol. The number of nitrogens with one attached hydrogen (secondary N) is 1. The van der Waals surface area contributed by atoms with Crippen LogP contribution in [0.3, 0.4) is 0 Å². The van der Waals surface area contributed by atoms with Crippen LogP contribution in [0.2, 0.25) is 0 Å². The van der Waals surface area contributed by atoms with Crippen LogP contribution in [0.1, 0.15) is 60.0 Å². The van der Waals surface area contributed by atoms with Crippen molar-refractivity contribution in [2.45, 2.75) is 61.5 Å². The molecule has 2 aromatic rings. The number of nitrogens with zero attached hydrogens (tertiary/aromatic N) is 3. The predicted octanol–water partition coefficient (Wildman–Crippen LogP) is 3.71. The van der Waals surface area contributed by atoms with E-state index in [0.29, 0.717) is 31.7 Å². The molecular weight excluding hydrogens is 516 g/mol. The van der Waals surface area contributed by atoms with E-state index >= 15 is 0 Å². The first kappa shape index (κ1) is 27.3. The second-order valence-corrected chi connectivity index (χ2v) is 12.9. The molecule has 10 nitrogen and oxygen atoms in total. The number of Topliss-reactive ketones (excluding diaryl/α,β-unsaturated/α-hetero) is 1. The lowest BCUT2D eigenvalue weighted by Crippen LogP contribution is -2.54. The molecule has 1 amide bonds. The molecule has 0 bridgehead atoms. The summed E-state index contributed by atoms with van der Waals surface area (Å²) in [5, 5.41) is 2.39. The molecule has 0 spiro atoms. The summed E-state index contributed by atoms with van der Waals surface area (Å²) < 4.78 is 30.4. The highest BCUT2D eigenvalue weighted by atomic mass is 32.2. The Morgan fingerprint density at radius 1 is 1.19 bits per heavy atom. The Hall–Kier alpha value is -2.70. The zero-order chi connectivity index (χ0) is 26.5. The van der Waals surface area contributed by atoms with Crippen LogP contribution in [-0.4, -0.2) is 56.1 Å². The first-order chi connectivity index (χ1) is 17.8. The van der Waals surface area contributed by atoms with Crippen molar-refractivity contribution in [3.8, 4) is 0 Å². The summed E-state index contributed by atoms with van der Waals surface area (Å²) in [7, 11) is -4.16. The third-order valence-corrected chi connectivity index (χ3v) is 10.9. The van der Waals surface area contributed by atoms with Crippen molar-refractivity contribution in [3.05, 3.63) is 45.1 Å². The summed E-state index contributed by atoms with van der Waals surface area (Å²) in [5.41, 5.74) is 1.77. The Morgan fingerprint density at radius 2 is 1.92 bits per heavy atom. The number of piperidine rings is 1. The third kappa shape index (κ3) is 5.60. The van der Waals surface area contributed by atoms with Gasteiger partial charge in [-0.25, -0.2) is 18.8 Å². The molecule has 1 N–H and O–H groups in total. The number of anilines is 1. The molecule has 0 unspecified atom stereocenters. The van der Waals surface area contributed by atoms with E-state index in [4.69, 9.17) is 4.74 Å². The number of pyridine rings is 1. The minimum Gasteiger partial charge on any atom is -0.381 e. The van der Waals surface area contributed by atoms with Gasteiger partial charge >= 0.3 is 0 Å². The van der Waals surface area contributed by atoms with Gasteiger partial charge in [0.2, 0.25) is 0 Å². The molecule has 2 saturated heterocycles. The van der Waals surface area contributed by atoms with Crippen molar-refractivity contribution in [1.29, 1.82) is 0 Å². The van der Waals surface area contributed by atoms with Gasteiger partial charge in [0.05, 0.1) is 15.1 Å². The first-order valence-electron chi connectivity index (χ1n) is 12.6. The van der Waals surface area contributed by atoms with Gasteiger partial charge in [0, 0.05) is 43.3 Å². The molecule has 2 aliphatic rings. The number of carbonyl (C=O) groups excluding carboxylic acids is 2. The predicted molar refractivity (Wildman–Crippen MR) is 140 cm³/mol. The number of hydrogen-bond acceptors (Lipinski definition) is 10. The Kier molecular flexibility index (Phi) is 8.71. The lowest BCUT2D eigenvalue weighted by atomic mass is 9.92. The fraction of sp³-hybridized carbons (Fsp3) is 0.560. The molecule has 0 aliphatic carbocycles. The lowest BCUT2D eigenvalue weighted by Gasteiger charge is -2.34. The number of ether oxygens (including phenoxy) is 1. The van der Waals surface area contributed by atoms with E-state index in [2.05, 4.69) is 23.3 Å². The van der Waals surface area contributed by atoms with Gasteiger partial charge in [-0.05, 0) is 62.8 Å². The van der Waals surface area contributed by atoms with Gasteiger partial charge in [0.25, 0.3) is 5.91 Å². The molecule has 2 aliphatic heterocycles. The van der Waals surface area contributed by atoms with Crippen molar-refractivity contribution >= 4 is 38.7 Å². The minimum atomic E-state index is -4.16. The lowest BCUT2D eigenvalue weighted by molar-refractivity contribution is -0.126. The number of nitroso groups, excluding NO2 is 1. The molecule has 0 radical (unpaired) electrons. The van der Waals surface area contributed by atoms with Gasteiger partial charge in [-0.1, -0.05) is 13.3 Å². The summed E-state index contributed by atoms with van der Waals surface area (Å²) in [6, 6.07) is 7.07. The maximum absolute atomic E-state index is 13.5. The molecule has 200 valence electrons. The van der Waals surface area contributed by atoms with Crippen molar-refractivity contribution in [1.82, 2.24) is 10.4 Å². The Labute approximate surface area is 220 Å². The number of thiophene rings is 1. The van der Waals surface area contributed by atoms with Crippen LogP contribution in [0.25, 0.3) is 0 Å². The maximum atomic E-state index is 13.5. The highest BCUT2D eigenvalue weighted by Gasteiger charge is 2.52. The van der Waals surface area contributed by atoms with E-state index in [9.17, 15) is 22.9 Å². The van der Waals surface area contributed by atoms with Gasteiger partial charge in [-0.2, -0.15) is 0 Å². The number of hydrogen-bond donors (Lipinski definition) is 1. The van der Waals surface area contributed by atoms with E-state index in [-0.39, 0.29) is 42.7 Å². The van der Waals surface area contributed by atoms with Gasteiger partial charge in [0.1, 0.15) is 5.82 Å². The van der Waals surface area contributed by atoms with Crippen LogP contribution in [0.15, 0.2) is 40.6 Å². The highest BCUT2D eigenvalue weighted by Crippen LogP contribution is 2.36. The third-order valence-electron chi connectivity index (χ3n) is 7.28. The SMILES string of the molecule is CCCCc1ccc(C(=O)C2CCN(c3ccc(S(=O)(=O)C4(C(=O)NN=O)CCOCC4)cn3)CC2)s1. The van der Waals surface area contributed by atoms with Crippen molar-refractivity contribution in [2.75, 3.05) is 31.2 Å². The Bertz CT molecular complexity index is 1210. The summed E-state index contributed by atoms with van der Waals surface area (Å²) in [6.45, 7) is 3.59.